The predicted octanol–water partition coefficient (Wildman–Crippen LogP) is 2.91. The molecule has 3 rings (SSSR count). The molecule has 4 heteroatoms. The summed E-state index contributed by atoms with van der Waals surface area (Å²) < 4.78 is 16.2. The van der Waals surface area contributed by atoms with Crippen LogP contribution in [0.15, 0.2) is 27.4 Å². The summed E-state index contributed by atoms with van der Waals surface area (Å²) in [6, 6.07) is 5.51. The maximum absolute atomic E-state index is 11.6. The first-order chi connectivity index (χ1) is 8.98. The van der Waals surface area contributed by atoms with Gasteiger partial charge in [0.2, 0.25) is 5.75 Å². The average molecular weight is 260 g/mol. The largest absolute Gasteiger partial charge is 0.490 e. The fourth-order valence-electron chi connectivity index (χ4n) is 2.39. The van der Waals surface area contributed by atoms with Gasteiger partial charge in [-0.15, -0.1) is 0 Å². The van der Waals surface area contributed by atoms with Gasteiger partial charge in [0.05, 0.1) is 7.11 Å². The first-order valence-corrected chi connectivity index (χ1v) is 6.32. The minimum atomic E-state index is -0.468. The van der Waals surface area contributed by atoms with E-state index < -0.39 is 5.63 Å². The van der Waals surface area contributed by atoms with E-state index in [1.165, 1.54) is 7.11 Å². The second-order valence-corrected chi connectivity index (χ2v) is 5.46. The van der Waals surface area contributed by atoms with Gasteiger partial charge in [-0.3, -0.25) is 0 Å². The molecule has 2 heterocycles. The number of hydrogen-bond acceptors (Lipinski definition) is 4. The summed E-state index contributed by atoms with van der Waals surface area (Å²) in [6.45, 7) is 4.12. The first kappa shape index (κ1) is 12.1. The van der Waals surface area contributed by atoms with Gasteiger partial charge in [0, 0.05) is 11.5 Å². The third kappa shape index (κ3) is 2.07. The fourth-order valence-corrected chi connectivity index (χ4v) is 2.39. The third-order valence-corrected chi connectivity index (χ3v) is 3.49. The van der Waals surface area contributed by atoms with Gasteiger partial charge in [0.1, 0.15) is 16.9 Å². The molecular formula is C15H16O4. The van der Waals surface area contributed by atoms with Gasteiger partial charge in [0.15, 0.2) is 0 Å². The van der Waals surface area contributed by atoms with Crippen molar-refractivity contribution in [2.45, 2.75) is 32.3 Å². The Morgan fingerprint density at radius 3 is 2.79 bits per heavy atom. The van der Waals surface area contributed by atoms with Crippen LogP contribution in [-0.2, 0) is 6.42 Å². The van der Waals surface area contributed by atoms with E-state index in [2.05, 4.69) is 13.8 Å². The predicted molar refractivity (Wildman–Crippen MR) is 72.1 cm³/mol. The Balaban J connectivity index is 2.19. The van der Waals surface area contributed by atoms with E-state index in [1.807, 2.05) is 6.07 Å². The highest BCUT2D eigenvalue weighted by molar-refractivity contribution is 5.80. The molecule has 0 radical (unpaired) electrons. The molecule has 0 saturated carbocycles. The zero-order valence-electron chi connectivity index (χ0n) is 11.3. The van der Waals surface area contributed by atoms with E-state index in [1.54, 1.807) is 12.1 Å². The maximum Gasteiger partial charge on any atom is 0.379 e. The molecule has 2 aromatic rings. The van der Waals surface area contributed by atoms with Crippen LogP contribution in [-0.4, -0.2) is 12.7 Å². The Morgan fingerprint density at radius 2 is 2.05 bits per heavy atom. The molecule has 1 aliphatic heterocycles. The van der Waals surface area contributed by atoms with Gasteiger partial charge in [-0.05, 0) is 44.4 Å². The van der Waals surface area contributed by atoms with E-state index in [0.29, 0.717) is 5.58 Å². The van der Waals surface area contributed by atoms with Crippen molar-refractivity contribution in [3.05, 3.63) is 34.2 Å². The summed E-state index contributed by atoms with van der Waals surface area (Å²) in [5.74, 6) is 1.03. The molecular weight excluding hydrogens is 244 g/mol. The average Bonchev–Trinajstić information content (AvgIpc) is 2.35. The van der Waals surface area contributed by atoms with Crippen molar-refractivity contribution in [2.24, 2.45) is 0 Å². The first-order valence-electron chi connectivity index (χ1n) is 6.32. The van der Waals surface area contributed by atoms with E-state index in [-0.39, 0.29) is 11.4 Å². The fraction of sp³-hybridized carbons (Fsp3) is 0.400. The molecule has 0 aliphatic carbocycles. The van der Waals surface area contributed by atoms with E-state index >= 15 is 0 Å². The van der Waals surface area contributed by atoms with Crippen LogP contribution in [0.5, 0.6) is 11.5 Å². The molecule has 4 nitrogen and oxygen atoms in total. The number of methoxy groups -OCH3 is 1. The molecule has 1 aliphatic rings. The molecule has 1 aromatic carbocycles. The Labute approximate surface area is 110 Å². The zero-order valence-corrected chi connectivity index (χ0v) is 11.3. The molecule has 1 aromatic heterocycles. The summed E-state index contributed by atoms with van der Waals surface area (Å²) in [6.07, 6.45) is 1.93. The quantitative estimate of drug-likeness (QED) is 0.740. The minimum absolute atomic E-state index is 0.173. The van der Waals surface area contributed by atoms with Gasteiger partial charge < -0.3 is 13.9 Å². The highest BCUT2D eigenvalue weighted by Gasteiger charge is 2.27. The van der Waals surface area contributed by atoms with E-state index in [0.717, 1.165) is 29.5 Å². The lowest BCUT2D eigenvalue weighted by molar-refractivity contribution is 0.0848. The van der Waals surface area contributed by atoms with Gasteiger partial charge in [-0.2, -0.15) is 0 Å². The number of ether oxygens (including phenoxy) is 2. The molecule has 0 fully saturated rings. The molecule has 0 N–H and O–H groups in total. The van der Waals surface area contributed by atoms with Crippen LogP contribution in [0.25, 0.3) is 11.0 Å². The number of fused-ring (bicyclic) bond motifs is 2. The SMILES string of the molecule is COc1cc2cc3c(cc2oc1=O)OC(C)(C)CC3. The monoisotopic (exact) mass is 260 g/mol. The van der Waals surface area contributed by atoms with Crippen molar-refractivity contribution in [1.29, 1.82) is 0 Å². The molecule has 0 atom stereocenters. The van der Waals surface area contributed by atoms with Crippen LogP contribution in [0, 0.1) is 0 Å². The van der Waals surface area contributed by atoms with Crippen molar-refractivity contribution in [2.75, 3.05) is 7.11 Å². The Kier molecular flexibility index (Phi) is 2.55. The highest BCUT2D eigenvalue weighted by atomic mass is 16.5. The maximum atomic E-state index is 11.6. The van der Waals surface area contributed by atoms with Crippen LogP contribution in [0.1, 0.15) is 25.8 Å². The number of aryl methyl sites for hydroxylation is 1. The molecule has 0 bridgehead atoms. The lowest BCUT2D eigenvalue weighted by Crippen LogP contribution is -2.32. The van der Waals surface area contributed by atoms with Gasteiger partial charge in [0.25, 0.3) is 0 Å². The summed E-state index contributed by atoms with van der Waals surface area (Å²) in [4.78, 5) is 11.6. The second-order valence-electron chi connectivity index (χ2n) is 5.46. The smallest absolute Gasteiger partial charge is 0.379 e. The number of benzene rings is 1. The summed E-state index contributed by atoms with van der Waals surface area (Å²) in [5, 5.41) is 0.860. The van der Waals surface area contributed by atoms with Crippen LogP contribution in [0.2, 0.25) is 0 Å². The highest BCUT2D eigenvalue weighted by Crippen LogP contribution is 2.36. The van der Waals surface area contributed by atoms with E-state index in [4.69, 9.17) is 13.9 Å². The standard InChI is InChI=1S/C15H16O4/c1-15(2)5-4-9-6-10-7-13(17-3)14(16)18-11(10)8-12(9)19-15/h6-8H,4-5H2,1-3H3. The van der Waals surface area contributed by atoms with Gasteiger partial charge in [-0.1, -0.05) is 0 Å². The Morgan fingerprint density at radius 1 is 1.26 bits per heavy atom. The topological polar surface area (TPSA) is 48.7 Å². The van der Waals surface area contributed by atoms with Gasteiger partial charge in [-0.25, -0.2) is 4.79 Å². The number of hydrogen-bond donors (Lipinski definition) is 0. The van der Waals surface area contributed by atoms with Gasteiger partial charge >= 0.3 is 5.63 Å². The third-order valence-electron chi connectivity index (χ3n) is 3.49. The van der Waals surface area contributed by atoms with Crippen molar-refractivity contribution >= 4 is 11.0 Å². The van der Waals surface area contributed by atoms with Crippen LogP contribution >= 0.6 is 0 Å². The Bertz CT molecular complexity index is 697. The number of rotatable bonds is 1. The van der Waals surface area contributed by atoms with Crippen LogP contribution in [0.4, 0.5) is 0 Å². The van der Waals surface area contributed by atoms with Crippen LogP contribution in [0.3, 0.4) is 0 Å². The lowest BCUT2D eigenvalue weighted by atomic mass is 9.93. The summed E-state index contributed by atoms with van der Waals surface area (Å²) in [5.41, 5.74) is 1.03. The summed E-state index contributed by atoms with van der Waals surface area (Å²) >= 11 is 0. The van der Waals surface area contributed by atoms with Crippen molar-refractivity contribution in [3.63, 3.8) is 0 Å². The molecule has 0 spiro atoms. The normalized spacial score (nSPS) is 16.8. The van der Waals surface area contributed by atoms with Crippen molar-refractivity contribution in [3.8, 4) is 11.5 Å². The minimum Gasteiger partial charge on any atom is -0.490 e. The molecule has 0 saturated heterocycles. The Hall–Kier alpha value is -1.97. The van der Waals surface area contributed by atoms with Crippen molar-refractivity contribution < 1.29 is 13.9 Å². The second kappa shape index (κ2) is 4.02. The molecule has 0 amide bonds. The zero-order chi connectivity index (χ0) is 13.6. The van der Waals surface area contributed by atoms with Crippen LogP contribution < -0.4 is 15.1 Å². The molecule has 0 unspecified atom stereocenters. The lowest BCUT2D eigenvalue weighted by Gasteiger charge is -2.32. The molecule has 19 heavy (non-hydrogen) atoms. The molecule has 100 valence electrons. The van der Waals surface area contributed by atoms with E-state index in [9.17, 15) is 4.79 Å². The summed E-state index contributed by atoms with van der Waals surface area (Å²) in [7, 11) is 1.46. The van der Waals surface area contributed by atoms with Crippen molar-refractivity contribution in [1.82, 2.24) is 0 Å².